The first kappa shape index (κ1) is 16.5. The number of aromatic nitrogens is 1. The zero-order chi connectivity index (χ0) is 14.9. The zero-order valence-electron chi connectivity index (χ0n) is 10.3. The summed E-state index contributed by atoms with van der Waals surface area (Å²) in [6.07, 6.45) is 2.65. The Bertz CT molecular complexity index is 523. The van der Waals surface area contributed by atoms with Crippen LogP contribution in [0.5, 0.6) is 0 Å². The molecule has 0 fully saturated rings. The highest BCUT2D eigenvalue weighted by Crippen LogP contribution is 2.55. The van der Waals surface area contributed by atoms with Gasteiger partial charge in [-0.05, 0) is 25.5 Å². The number of nitrogens with one attached hydrogen (secondary N) is 1. The lowest BCUT2D eigenvalue weighted by Crippen LogP contribution is -2.41. The van der Waals surface area contributed by atoms with Crippen molar-refractivity contribution >= 4 is 15.2 Å². The molecule has 8 nitrogen and oxygen atoms in total. The molecule has 0 spiro atoms. The summed E-state index contributed by atoms with van der Waals surface area (Å²) < 4.78 is 22.8. The molecule has 0 aliphatic heterocycles. The summed E-state index contributed by atoms with van der Waals surface area (Å²) in [6, 6.07) is 2.89. The molecule has 19 heavy (non-hydrogen) atoms. The number of hydrogen-bond donors (Lipinski definition) is 5. The molecule has 1 atom stereocenters. The van der Waals surface area contributed by atoms with E-state index in [-0.39, 0.29) is 5.56 Å². The van der Waals surface area contributed by atoms with E-state index in [1.54, 1.807) is 0 Å². The molecule has 0 saturated carbocycles. The van der Waals surface area contributed by atoms with E-state index in [9.17, 15) is 28.7 Å². The Morgan fingerprint density at radius 3 is 2.21 bits per heavy atom. The van der Waals surface area contributed by atoms with Crippen molar-refractivity contribution in [2.24, 2.45) is 0 Å². The zero-order valence-corrected chi connectivity index (χ0v) is 12.1. The monoisotopic (exact) mass is 310 g/mol. The smallest absolute Gasteiger partial charge is 0.323 e. The minimum absolute atomic E-state index is 0.150. The first-order valence-electron chi connectivity index (χ1n) is 5.23. The van der Waals surface area contributed by atoms with Crippen LogP contribution in [0.1, 0.15) is 25.2 Å². The predicted octanol–water partition coefficient (Wildman–Crippen LogP) is 0.761. The number of hydrogen-bond acceptors (Lipinski definition) is 4. The fourth-order valence-electron chi connectivity index (χ4n) is 1.32. The van der Waals surface area contributed by atoms with Crippen molar-refractivity contribution in [3.63, 3.8) is 0 Å². The maximum absolute atomic E-state index is 11.5. The van der Waals surface area contributed by atoms with Crippen molar-refractivity contribution in [2.75, 3.05) is 0 Å². The summed E-state index contributed by atoms with van der Waals surface area (Å²) >= 11 is 0. The quantitative estimate of drug-likeness (QED) is 0.502. The Morgan fingerprint density at radius 2 is 1.84 bits per heavy atom. The first-order chi connectivity index (χ1) is 8.45. The van der Waals surface area contributed by atoms with Gasteiger partial charge in [0, 0.05) is 12.4 Å². The van der Waals surface area contributed by atoms with Gasteiger partial charge in [-0.15, -0.1) is 0 Å². The molecule has 1 rings (SSSR count). The summed E-state index contributed by atoms with van der Waals surface area (Å²) in [6.45, 7) is 2.35. The van der Waals surface area contributed by atoms with Crippen LogP contribution < -0.4 is 5.32 Å². The molecule has 0 amide bonds. The third kappa shape index (κ3) is 4.19. The van der Waals surface area contributed by atoms with Crippen molar-refractivity contribution in [1.82, 2.24) is 10.3 Å². The number of pyridine rings is 1. The third-order valence-electron chi connectivity index (χ3n) is 2.55. The molecule has 0 radical (unpaired) electrons. The van der Waals surface area contributed by atoms with Gasteiger partial charge in [0.1, 0.15) is 11.1 Å². The Labute approximate surface area is 110 Å². The van der Waals surface area contributed by atoms with Crippen LogP contribution >= 0.6 is 15.2 Å². The van der Waals surface area contributed by atoms with Gasteiger partial charge >= 0.3 is 15.2 Å². The van der Waals surface area contributed by atoms with E-state index in [0.29, 0.717) is 0 Å². The van der Waals surface area contributed by atoms with Crippen molar-refractivity contribution in [3.8, 4) is 0 Å². The van der Waals surface area contributed by atoms with Crippen molar-refractivity contribution in [2.45, 2.75) is 24.9 Å². The Morgan fingerprint density at radius 1 is 1.26 bits per heavy atom. The molecular formula is C9H16N2O6P2. The van der Waals surface area contributed by atoms with Crippen LogP contribution in [0, 0.1) is 0 Å². The molecule has 1 heterocycles. The van der Waals surface area contributed by atoms with Gasteiger partial charge in [0.25, 0.3) is 0 Å². The van der Waals surface area contributed by atoms with Gasteiger partial charge in [-0.1, -0.05) is 6.07 Å². The molecule has 0 aliphatic carbocycles. The van der Waals surface area contributed by atoms with Gasteiger partial charge in [-0.2, -0.15) is 0 Å². The minimum atomic E-state index is -4.66. The van der Waals surface area contributed by atoms with E-state index >= 15 is 0 Å². The van der Waals surface area contributed by atoms with E-state index in [4.69, 9.17) is 0 Å². The maximum atomic E-state index is 11.5. The fraction of sp³-hybridized carbons (Fsp3) is 0.444. The molecule has 1 unspecified atom stereocenters. The van der Waals surface area contributed by atoms with E-state index in [1.165, 1.54) is 38.4 Å². The average Bonchev–Trinajstić information content (AvgIpc) is 2.24. The normalized spacial score (nSPS) is 15.3. The molecule has 5 N–H and O–H groups in total. The average molecular weight is 310 g/mol. The van der Waals surface area contributed by atoms with Gasteiger partial charge in [0.2, 0.25) is 0 Å². The predicted molar refractivity (Wildman–Crippen MR) is 68.3 cm³/mol. The lowest BCUT2D eigenvalue weighted by molar-refractivity contribution is 0.296. The molecule has 0 bridgehead atoms. The van der Waals surface area contributed by atoms with Gasteiger partial charge in [0.05, 0.1) is 0 Å². The first-order valence-corrected chi connectivity index (χ1v) is 8.53. The Hall–Kier alpha value is -0.590. The second-order valence-electron chi connectivity index (χ2n) is 4.53. The second kappa shape index (κ2) is 5.42. The lowest BCUT2D eigenvalue weighted by atomic mass is 10.2. The van der Waals surface area contributed by atoms with Gasteiger partial charge in [-0.3, -0.25) is 19.4 Å². The van der Waals surface area contributed by atoms with Gasteiger partial charge in [-0.25, -0.2) is 0 Å². The molecule has 108 valence electrons. The maximum Gasteiger partial charge on any atom is 0.346 e. The van der Waals surface area contributed by atoms with Crippen LogP contribution in [0.25, 0.3) is 0 Å². The van der Waals surface area contributed by atoms with Crippen LogP contribution in [0.4, 0.5) is 0 Å². The van der Waals surface area contributed by atoms with E-state index in [2.05, 4.69) is 10.3 Å². The van der Waals surface area contributed by atoms with Gasteiger partial charge in [0.15, 0.2) is 0 Å². The van der Waals surface area contributed by atoms with Crippen molar-refractivity contribution < 1.29 is 28.7 Å². The Balaban J connectivity index is 3.16. The summed E-state index contributed by atoms with van der Waals surface area (Å²) in [7, 11) is -9.25. The molecule has 1 aromatic rings. The van der Waals surface area contributed by atoms with E-state index in [0.717, 1.165) is 0 Å². The highest BCUT2D eigenvalue weighted by Gasteiger charge is 2.43. The minimum Gasteiger partial charge on any atom is -0.323 e. The SMILES string of the molecule is CC(C)(NC(c1cccnc1)P(=O)(O)O)P(=O)(O)O. The molecule has 0 aromatic carbocycles. The lowest BCUT2D eigenvalue weighted by Gasteiger charge is -2.32. The van der Waals surface area contributed by atoms with Crippen molar-refractivity contribution in [3.05, 3.63) is 30.1 Å². The highest BCUT2D eigenvalue weighted by molar-refractivity contribution is 7.54. The molecular weight excluding hydrogens is 294 g/mol. The Kier molecular flexibility index (Phi) is 4.70. The van der Waals surface area contributed by atoms with Crippen LogP contribution in [-0.4, -0.2) is 29.8 Å². The molecule has 0 aliphatic rings. The molecule has 10 heteroatoms. The third-order valence-corrected chi connectivity index (χ3v) is 5.24. The number of rotatable bonds is 5. The van der Waals surface area contributed by atoms with Crippen LogP contribution in [-0.2, 0) is 9.13 Å². The topological polar surface area (TPSA) is 140 Å². The largest absolute Gasteiger partial charge is 0.346 e. The van der Waals surface area contributed by atoms with E-state index < -0.39 is 26.3 Å². The van der Waals surface area contributed by atoms with Crippen LogP contribution in [0.2, 0.25) is 0 Å². The summed E-state index contributed by atoms with van der Waals surface area (Å²) in [4.78, 5) is 40.8. The van der Waals surface area contributed by atoms with Gasteiger partial charge < -0.3 is 19.6 Å². The fourth-order valence-corrected chi connectivity index (χ4v) is 2.75. The van der Waals surface area contributed by atoms with E-state index in [1.807, 2.05) is 0 Å². The summed E-state index contributed by atoms with van der Waals surface area (Å²) in [5.74, 6) is -1.54. The van der Waals surface area contributed by atoms with Crippen LogP contribution in [0.3, 0.4) is 0 Å². The second-order valence-corrected chi connectivity index (χ2v) is 8.43. The molecule has 1 aromatic heterocycles. The standard InChI is InChI=1S/C9H16N2O6P2/c1-9(2,19(15,16)17)11-8(18(12,13)14)7-4-3-5-10-6-7/h3-6,8,11H,1-2H3,(H2,12,13,14)(H2,15,16,17). The highest BCUT2D eigenvalue weighted by atomic mass is 31.2. The summed E-state index contributed by atoms with van der Waals surface area (Å²) in [5.41, 5.74) is 0.150. The van der Waals surface area contributed by atoms with Crippen LogP contribution in [0.15, 0.2) is 24.5 Å². The molecule has 0 saturated heterocycles. The number of nitrogens with zero attached hydrogens (tertiary/aromatic N) is 1. The van der Waals surface area contributed by atoms with Crippen molar-refractivity contribution in [1.29, 1.82) is 0 Å². The summed E-state index contributed by atoms with van der Waals surface area (Å²) in [5, 5.41) is 0.540.